The second-order valence-corrected chi connectivity index (χ2v) is 7.75. The Kier molecular flexibility index (Phi) is 6.82. The van der Waals surface area contributed by atoms with Crippen molar-refractivity contribution < 1.29 is 14.3 Å². The van der Waals surface area contributed by atoms with Crippen LogP contribution < -0.4 is 16.2 Å². The maximum absolute atomic E-state index is 12.6. The van der Waals surface area contributed by atoms with Crippen molar-refractivity contribution in [2.75, 3.05) is 19.0 Å². The van der Waals surface area contributed by atoms with Crippen LogP contribution in [-0.4, -0.2) is 36.1 Å². The van der Waals surface area contributed by atoms with E-state index in [-0.39, 0.29) is 12.2 Å². The number of hydrogen-bond acceptors (Lipinski definition) is 5. The van der Waals surface area contributed by atoms with E-state index < -0.39 is 17.9 Å². The molecule has 0 aliphatic rings. The summed E-state index contributed by atoms with van der Waals surface area (Å²) in [4.78, 5) is 37.2. The third-order valence-electron chi connectivity index (χ3n) is 3.99. The lowest BCUT2D eigenvalue weighted by molar-refractivity contribution is -0.119. The van der Waals surface area contributed by atoms with E-state index in [1.54, 1.807) is 54.7 Å². The highest BCUT2D eigenvalue weighted by Gasteiger charge is 2.22. The van der Waals surface area contributed by atoms with Crippen molar-refractivity contribution in [3.63, 3.8) is 0 Å². The van der Waals surface area contributed by atoms with Crippen LogP contribution in [0.15, 0.2) is 65.6 Å². The molecule has 3 rings (SSSR count). The molecule has 0 bridgehead atoms. The minimum atomic E-state index is -0.884. The molecule has 1 atom stereocenters. The van der Waals surface area contributed by atoms with Crippen molar-refractivity contribution in [2.24, 2.45) is 0 Å². The van der Waals surface area contributed by atoms with Gasteiger partial charge in [0.2, 0.25) is 5.91 Å². The van der Waals surface area contributed by atoms with E-state index in [4.69, 9.17) is 16.3 Å². The number of aromatic nitrogens is 1. The quantitative estimate of drug-likeness (QED) is 0.602. The van der Waals surface area contributed by atoms with Crippen LogP contribution in [0.5, 0.6) is 0 Å². The number of hydrogen-bond donors (Lipinski definition) is 2. The molecular weight excluding hydrogens is 414 g/mol. The van der Waals surface area contributed by atoms with Crippen LogP contribution in [-0.2, 0) is 9.53 Å². The van der Waals surface area contributed by atoms with Gasteiger partial charge in [0.15, 0.2) is 0 Å². The number of carbonyl (C=O) groups excluding carboxylic acids is 2. The summed E-state index contributed by atoms with van der Waals surface area (Å²) in [7, 11) is 1.45. The van der Waals surface area contributed by atoms with Crippen molar-refractivity contribution >= 4 is 40.4 Å². The van der Waals surface area contributed by atoms with Gasteiger partial charge in [0.1, 0.15) is 6.04 Å². The molecule has 0 aliphatic carbocycles. The largest absolute Gasteiger partial charge is 0.382 e. The lowest BCUT2D eigenvalue weighted by atomic mass is 10.2. The van der Waals surface area contributed by atoms with E-state index >= 15 is 0 Å². The summed E-state index contributed by atoms with van der Waals surface area (Å²) in [6, 6.07) is 14.0. The van der Waals surface area contributed by atoms with E-state index in [0.717, 1.165) is 11.3 Å². The van der Waals surface area contributed by atoms with Gasteiger partial charge in [-0.2, -0.15) is 0 Å². The Labute approximate surface area is 175 Å². The third-order valence-corrected chi connectivity index (χ3v) is 5.22. The molecule has 0 spiro atoms. The molecule has 2 aromatic heterocycles. The molecule has 7 nitrogen and oxygen atoms in total. The standard InChI is InChI=1S/C20H18ClN3O4S/c1-28-12-15(23-20(27)16-9-10-17(21)29-16)19(26)22-13-5-7-14(8-6-13)24-11-3-2-4-18(24)25/h2-11,15H,12H2,1H3,(H,22,26)(H,23,27). The topological polar surface area (TPSA) is 89.4 Å². The number of nitrogens with one attached hydrogen (secondary N) is 2. The van der Waals surface area contributed by atoms with Crippen molar-refractivity contribution in [2.45, 2.75) is 6.04 Å². The van der Waals surface area contributed by atoms with Gasteiger partial charge in [0, 0.05) is 30.7 Å². The van der Waals surface area contributed by atoms with Gasteiger partial charge >= 0.3 is 0 Å². The van der Waals surface area contributed by atoms with Crippen molar-refractivity contribution in [3.05, 3.63) is 80.4 Å². The zero-order chi connectivity index (χ0) is 20.8. The predicted molar refractivity (Wildman–Crippen MR) is 113 cm³/mol. The average molecular weight is 432 g/mol. The number of halogens is 1. The molecule has 1 unspecified atom stereocenters. The number of thiophene rings is 1. The molecule has 9 heteroatoms. The molecule has 0 saturated carbocycles. The normalized spacial score (nSPS) is 11.7. The summed E-state index contributed by atoms with van der Waals surface area (Å²) >= 11 is 6.98. The molecule has 2 amide bonds. The molecule has 3 aromatic rings. The van der Waals surface area contributed by atoms with Gasteiger partial charge in [-0.3, -0.25) is 19.0 Å². The fraction of sp³-hybridized carbons (Fsp3) is 0.150. The van der Waals surface area contributed by atoms with Gasteiger partial charge in [0.05, 0.1) is 15.8 Å². The first-order valence-electron chi connectivity index (χ1n) is 8.62. The van der Waals surface area contributed by atoms with Crippen LogP contribution in [0.3, 0.4) is 0 Å². The van der Waals surface area contributed by atoms with Gasteiger partial charge in [-0.05, 0) is 42.5 Å². The first-order valence-corrected chi connectivity index (χ1v) is 9.81. The van der Waals surface area contributed by atoms with Crippen LogP contribution in [0, 0.1) is 0 Å². The Morgan fingerprint density at radius 2 is 1.90 bits per heavy atom. The lowest BCUT2D eigenvalue weighted by Crippen LogP contribution is -2.46. The number of amides is 2. The van der Waals surface area contributed by atoms with Crippen LogP contribution in [0.25, 0.3) is 5.69 Å². The van der Waals surface area contributed by atoms with Gasteiger partial charge in [-0.1, -0.05) is 17.7 Å². The smallest absolute Gasteiger partial charge is 0.262 e. The first kappa shape index (κ1) is 20.8. The summed E-state index contributed by atoms with van der Waals surface area (Å²) in [5, 5.41) is 5.38. The number of ether oxygens (including phenoxy) is 1. The van der Waals surface area contributed by atoms with Gasteiger partial charge in [-0.15, -0.1) is 11.3 Å². The summed E-state index contributed by atoms with van der Waals surface area (Å²) in [5.41, 5.74) is 1.04. The molecule has 1 aromatic carbocycles. The van der Waals surface area contributed by atoms with Crippen LogP contribution in [0.2, 0.25) is 4.34 Å². The molecule has 0 fully saturated rings. The van der Waals surface area contributed by atoms with Crippen molar-refractivity contribution in [1.82, 2.24) is 9.88 Å². The van der Waals surface area contributed by atoms with Gasteiger partial charge in [-0.25, -0.2) is 0 Å². The Morgan fingerprint density at radius 1 is 1.14 bits per heavy atom. The molecule has 0 aliphatic heterocycles. The zero-order valence-corrected chi connectivity index (χ0v) is 17.0. The van der Waals surface area contributed by atoms with E-state index in [0.29, 0.717) is 20.6 Å². The number of carbonyl (C=O) groups is 2. The fourth-order valence-corrected chi connectivity index (χ4v) is 3.54. The van der Waals surface area contributed by atoms with Crippen LogP contribution >= 0.6 is 22.9 Å². The number of anilines is 1. The second-order valence-electron chi connectivity index (χ2n) is 6.03. The average Bonchev–Trinajstić information content (AvgIpc) is 3.15. The highest BCUT2D eigenvalue weighted by atomic mass is 35.5. The lowest BCUT2D eigenvalue weighted by Gasteiger charge is -2.17. The molecule has 2 heterocycles. The van der Waals surface area contributed by atoms with E-state index in [1.165, 1.54) is 17.7 Å². The zero-order valence-electron chi connectivity index (χ0n) is 15.4. The maximum atomic E-state index is 12.6. The number of methoxy groups -OCH3 is 1. The number of nitrogens with zero attached hydrogens (tertiary/aromatic N) is 1. The number of pyridine rings is 1. The van der Waals surface area contributed by atoms with E-state index in [2.05, 4.69) is 10.6 Å². The monoisotopic (exact) mass is 431 g/mol. The molecule has 2 N–H and O–H groups in total. The van der Waals surface area contributed by atoms with Crippen LogP contribution in [0.4, 0.5) is 5.69 Å². The van der Waals surface area contributed by atoms with E-state index in [1.807, 2.05) is 0 Å². The Bertz CT molecular complexity index is 1060. The predicted octanol–water partition coefficient (Wildman–Crippen LogP) is 2.94. The fourth-order valence-electron chi connectivity index (χ4n) is 2.59. The van der Waals surface area contributed by atoms with Gasteiger partial charge in [0.25, 0.3) is 11.5 Å². The Balaban J connectivity index is 1.68. The highest BCUT2D eigenvalue weighted by Crippen LogP contribution is 2.21. The summed E-state index contributed by atoms with van der Waals surface area (Å²) in [5.74, 6) is -0.828. The molecule has 29 heavy (non-hydrogen) atoms. The molecule has 0 radical (unpaired) electrons. The molecule has 0 saturated heterocycles. The SMILES string of the molecule is COCC(NC(=O)c1ccc(Cl)s1)C(=O)Nc1ccc(-n2ccccc2=O)cc1. The molecule has 150 valence electrons. The minimum absolute atomic E-state index is 0.00811. The van der Waals surface area contributed by atoms with E-state index in [9.17, 15) is 14.4 Å². The minimum Gasteiger partial charge on any atom is -0.382 e. The highest BCUT2D eigenvalue weighted by molar-refractivity contribution is 7.18. The Hall–Kier alpha value is -2.94. The van der Waals surface area contributed by atoms with Crippen LogP contribution in [0.1, 0.15) is 9.67 Å². The molecular formula is C20H18ClN3O4S. The Morgan fingerprint density at radius 3 is 2.52 bits per heavy atom. The number of rotatable bonds is 7. The van der Waals surface area contributed by atoms with Crippen molar-refractivity contribution in [1.29, 1.82) is 0 Å². The maximum Gasteiger partial charge on any atom is 0.262 e. The van der Waals surface area contributed by atoms with Crippen molar-refractivity contribution in [3.8, 4) is 5.69 Å². The van der Waals surface area contributed by atoms with Gasteiger partial charge < -0.3 is 15.4 Å². The summed E-state index contributed by atoms with van der Waals surface area (Å²) in [6.07, 6.45) is 1.66. The number of benzene rings is 1. The summed E-state index contributed by atoms with van der Waals surface area (Å²) in [6.45, 7) is 0.00811. The summed E-state index contributed by atoms with van der Waals surface area (Å²) < 4.78 is 7.04. The second kappa shape index (κ2) is 9.51. The first-order chi connectivity index (χ1) is 14.0. The third kappa shape index (κ3) is 5.32.